The van der Waals surface area contributed by atoms with Gasteiger partial charge in [0.1, 0.15) is 0 Å². The highest BCUT2D eigenvalue weighted by molar-refractivity contribution is 7.98. The van der Waals surface area contributed by atoms with Crippen molar-refractivity contribution >= 4 is 11.9 Å². The second kappa shape index (κ2) is 5.13. The van der Waals surface area contributed by atoms with Crippen molar-refractivity contribution in [2.75, 3.05) is 0 Å². The van der Waals surface area contributed by atoms with Crippen molar-refractivity contribution < 1.29 is 0 Å². The fourth-order valence-corrected chi connectivity index (χ4v) is 2.31. The molecular formula is C10H21NS. The summed E-state index contributed by atoms with van der Waals surface area (Å²) >= 11 is 1.89. The van der Waals surface area contributed by atoms with E-state index >= 15 is 0 Å². The zero-order chi connectivity index (χ0) is 8.97. The zero-order valence-electron chi connectivity index (χ0n) is 8.47. The van der Waals surface area contributed by atoms with Crippen LogP contribution in [0.5, 0.6) is 0 Å². The molecule has 1 aliphatic carbocycles. The minimum absolute atomic E-state index is 0.712. The first-order valence-corrected chi connectivity index (χ1v) is 5.97. The molecule has 0 heterocycles. The zero-order valence-corrected chi connectivity index (χ0v) is 9.29. The molecule has 0 aromatic carbocycles. The Labute approximate surface area is 80.8 Å². The standard InChI is InChI=1S/C10H21NS/c1-8(2)12-11-10-6-4-9(3)5-7-10/h8-11H,4-7H2,1-3H3/t9-,10-. The van der Waals surface area contributed by atoms with Gasteiger partial charge in [0.25, 0.3) is 0 Å². The summed E-state index contributed by atoms with van der Waals surface area (Å²) in [7, 11) is 0. The lowest BCUT2D eigenvalue weighted by Gasteiger charge is -2.27. The van der Waals surface area contributed by atoms with Crippen molar-refractivity contribution in [2.45, 2.75) is 57.7 Å². The predicted octanol–water partition coefficient (Wildman–Crippen LogP) is 3.21. The van der Waals surface area contributed by atoms with E-state index in [1.165, 1.54) is 25.7 Å². The molecule has 72 valence electrons. The van der Waals surface area contributed by atoms with E-state index in [0.717, 1.165) is 12.0 Å². The Balaban J connectivity index is 2.09. The summed E-state index contributed by atoms with van der Waals surface area (Å²) in [6.45, 7) is 6.85. The van der Waals surface area contributed by atoms with Crippen LogP contribution in [0.3, 0.4) is 0 Å². The minimum Gasteiger partial charge on any atom is -0.261 e. The Morgan fingerprint density at radius 3 is 2.25 bits per heavy atom. The van der Waals surface area contributed by atoms with Gasteiger partial charge in [0.2, 0.25) is 0 Å². The average molecular weight is 187 g/mol. The van der Waals surface area contributed by atoms with Gasteiger partial charge >= 0.3 is 0 Å². The predicted molar refractivity (Wildman–Crippen MR) is 57.3 cm³/mol. The van der Waals surface area contributed by atoms with E-state index in [9.17, 15) is 0 Å². The lowest BCUT2D eigenvalue weighted by atomic mass is 9.88. The van der Waals surface area contributed by atoms with Crippen LogP contribution in [0.2, 0.25) is 0 Å². The highest BCUT2D eigenvalue weighted by atomic mass is 32.2. The lowest BCUT2D eigenvalue weighted by Crippen LogP contribution is -2.28. The van der Waals surface area contributed by atoms with Crippen LogP contribution >= 0.6 is 11.9 Å². The molecule has 0 unspecified atom stereocenters. The minimum atomic E-state index is 0.712. The maximum atomic E-state index is 3.56. The quantitative estimate of drug-likeness (QED) is 0.681. The van der Waals surface area contributed by atoms with Gasteiger partial charge in [-0.1, -0.05) is 32.7 Å². The fraction of sp³-hybridized carbons (Fsp3) is 1.00. The molecule has 0 bridgehead atoms. The lowest BCUT2D eigenvalue weighted by molar-refractivity contribution is 0.337. The Hall–Kier alpha value is 0.310. The van der Waals surface area contributed by atoms with Gasteiger partial charge in [0.05, 0.1) is 0 Å². The topological polar surface area (TPSA) is 12.0 Å². The maximum Gasteiger partial charge on any atom is 0.0172 e. The second-order valence-corrected chi connectivity index (χ2v) is 5.66. The van der Waals surface area contributed by atoms with E-state index in [2.05, 4.69) is 25.5 Å². The summed E-state index contributed by atoms with van der Waals surface area (Å²) in [5, 5.41) is 0.712. The van der Waals surface area contributed by atoms with E-state index in [4.69, 9.17) is 0 Å². The van der Waals surface area contributed by atoms with E-state index < -0.39 is 0 Å². The van der Waals surface area contributed by atoms with E-state index in [0.29, 0.717) is 5.25 Å². The van der Waals surface area contributed by atoms with Crippen molar-refractivity contribution in [3.05, 3.63) is 0 Å². The Morgan fingerprint density at radius 1 is 1.17 bits per heavy atom. The third kappa shape index (κ3) is 3.81. The monoisotopic (exact) mass is 187 g/mol. The van der Waals surface area contributed by atoms with Crippen LogP contribution in [0.1, 0.15) is 46.5 Å². The van der Waals surface area contributed by atoms with E-state index in [1.54, 1.807) is 0 Å². The molecule has 0 aromatic heterocycles. The van der Waals surface area contributed by atoms with Gasteiger partial charge in [0.15, 0.2) is 0 Å². The van der Waals surface area contributed by atoms with Gasteiger partial charge in [-0.15, -0.1) is 0 Å². The molecule has 1 nitrogen and oxygen atoms in total. The van der Waals surface area contributed by atoms with Gasteiger partial charge < -0.3 is 0 Å². The molecule has 0 atom stereocenters. The number of hydrogen-bond acceptors (Lipinski definition) is 2. The van der Waals surface area contributed by atoms with Crippen LogP contribution in [0.4, 0.5) is 0 Å². The molecular weight excluding hydrogens is 166 g/mol. The molecule has 0 spiro atoms. The normalized spacial score (nSPS) is 31.0. The Kier molecular flexibility index (Phi) is 4.44. The first-order valence-electron chi connectivity index (χ1n) is 5.09. The second-order valence-electron chi connectivity index (χ2n) is 4.24. The molecule has 1 N–H and O–H groups in total. The summed E-state index contributed by atoms with van der Waals surface area (Å²) in [6.07, 6.45) is 5.58. The molecule has 1 saturated carbocycles. The molecule has 0 amide bonds. The van der Waals surface area contributed by atoms with Gasteiger partial charge in [-0.25, -0.2) is 0 Å². The summed E-state index contributed by atoms with van der Waals surface area (Å²) in [4.78, 5) is 0. The molecule has 0 radical (unpaired) electrons. The number of nitrogens with one attached hydrogen (secondary N) is 1. The average Bonchev–Trinajstić information content (AvgIpc) is 2.03. The smallest absolute Gasteiger partial charge is 0.0172 e. The molecule has 0 aliphatic heterocycles. The molecule has 2 heteroatoms. The third-order valence-corrected chi connectivity index (χ3v) is 3.43. The van der Waals surface area contributed by atoms with Gasteiger partial charge in [0, 0.05) is 11.3 Å². The van der Waals surface area contributed by atoms with Crippen LogP contribution < -0.4 is 4.72 Å². The maximum absolute atomic E-state index is 3.56. The largest absolute Gasteiger partial charge is 0.261 e. The highest BCUT2D eigenvalue weighted by Gasteiger charge is 2.17. The van der Waals surface area contributed by atoms with E-state index in [-0.39, 0.29) is 0 Å². The van der Waals surface area contributed by atoms with Crippen LogP contribution in [-0.2, 0) is 0 Å². The van der Waals surface area contributed by atoms with Crippen molar-refractivity contribution in [1.82, 2.24) is 4.72 Å². The van der Waals surface area contributed by atoms with Crippen molar-refractivity contribution in [3.63, 3.8) is 0 Å². The summed E-state index contributed by atoms with van der Waals surface area (Å²) in [6, 6.07) is 0.786. The molecule has 1 aliphatic rings. The number of rotatable bonds is 3. The molecule has 0 saturated heterocycles. The summed E-state index contributed by atoms with van der Waals surface area (Å²) in [5.74, 6) is 0.965. The van der Waals surface area contributed by atoms with Crippen molar-refractivity contribution in [3.8, 4) is 0 Å². The van der Waals surface area contributed by atoms with E-state index in [1.807, 2.05) is 11.9 Å². The molecule has 0 aromatic rings. The molecule has 1 fully saturated rings. The first-order chi connectivity index (χ1) is 5.68. The van der Waals surface area contributed by atoms with Gasteiger partial charge in [-0.3, -0.25) is 4.72 Å². The highest BCUT2D eigenvalue weighted by Crippen LogP contribution is 2.24. The van der Waals surface area contributed by atoms with Gasteiger partial charge in [-0.05, 0) is 31.6 Å². The SMILES string of the molecule is CC(C)SN[C@H]1CC[C@H](C)CC1. The van der Waals surface area contributed by atoms with Crippen molar-refractivity contribution in [1.29, 1.82) is 0 Å². The van der Waals surface area contributed by atoms with Crippen LogP contribution in [0.15, 0.2) is 0 Å². The molecule has 1 rings (SSSR count). The number of hydrogen-bond donors (Lipinski definition) is 1. The van der Waals surface area contributed by atoms with Crippen LogP contribution in [-0.4, -0.2) is 11.3 Å². The Morgan fingerprint density at radius 2 is 1.75 bits per heavy atom. The Bertz CT molecular complexity index is 117. The van der Waals surface area contributed by atoms with Crippen LogP contribution in [0.25, 0.3) is 0 Å². The third-order valence-electron chi connectivity index (χ3n) is 2.49. The summed E-state index contributed by atoms with van der Waals surface area (Å²) < 4.78 is 3.56. The fourth-order valence-electron chi connectivity index (χ4n) is 1.61. The molecule has 12 heavy (non-hydrogen) atoms. The van der Waals surface area contributed by atoms with Crippen molar-refractivity contribution in [2.24, 2.45) is 5.92 Å². The van der Waals surface area contributed by atoms with Gasteiger partial charge in [-0.2, -0.15) is 0 Å². The summed E-state index contributed by atoms with van der Waals surface area (Å²) in [5.41, 5.74) is 0. The first kappa shape index (κ1) is 10.4. The van der Waals surface area contributed by atoms with Crippen LogP contribution in [0, 0.1) is 5.92 Å².